The molecule has 2 aliphatic heterocycles. The number of hydrogen-bond donors (Lipinski definition) is 1. The molecule has 1 aromatic rings. The Labute approximate surface area is 117 Å². The number of amides is 2. The summed E-state index contributed by atoms with van der Waals surface area (Å²) in [6, 6.07) is 7.75. The second kappa shape index (κ2) is 5.15. The Morgan fingerprint density at radius 3 is 3.05 bits per heavy atom. The van der Waals surface area contributed by atoms with Gasteiger partial charge in [0.15, 0.2) is 0 Å². The molecule has 3 rings (SSSR count). The Morgan fingerprint density at radius 2 is 2.25 bits per heavy atom. The van der Waals surface area contributed by atoms with Crippen LogP contribution in [0.2, 0.25) is 0 Å². The molecular formula is C15H18N2O3. The van der Waals surface area contributed by atoms with Crippen LogP contribution in [0.25, 0.3) is 0 Å². The fourth-order valence-electron chi connectivity index (χ4n) is 2.94. The number of anilines is 1. The molecule has 0 bridgehead atoms. The van der Waals surface area contributed by atoms with E-state index in [4.69, 9.17) is 4.74 Å². The van der Waals surface area contributed by atoms with Crippen LogP contribution in [0.5, 0.6) is 0 Å². The van der Waals surface area contributed by atoms with Crippen molar-refractivity contribution in [1.82, 2.24) is 4.90 Å². The number of ether oxygens (including phenoxy) is 1. The van der Waals surface area contributed by atoms with Gasteiger partial charge in [-0.05, 0) is 11.6 Å². The molecule has 2 heterocycles. The van der Waals surface area contributed by atoms with Gasteiger partial charge in [0.1, 0.15) is 6.10 Å². The summed E-state index contributed by atoms with van der Waals surface area (Å²) in [6.07, 6.45) is 1.68. The minimum absolute atomic E-state index is 0.00311. The van der Waals surface area contributed by atoms with Gasteiger partial charge in [0.2, 0.25) is 0 Å². The third-order valence-electron chi connectivity index (χ3n) is 3.96. The van der Waals surface area contributed by atoms with E-state index in [0.717, 1.165) is 11.3 Å². The summed E-state index contributed by atoms with van der Waals surface area (Å²) in [5.41, 5.74) is 1.96. The molecule has 5 nitrogen and oxygen atoms in total. The van der Waals surface area contributed by atoms with Crippen molar-refractivity contribution >= 4 is 17.7 Å². The number of carbonyl (C=O) groups excluding carboxylic acids is 2. The average molecular weight is 274 g/mol. The quantitative estimate of drug-likeness (QED) is 0.843. The minimum Gasteiger partial charge on any atom is -0.462 e. The van der Waals surface area contributed by atoms with Crippen LogP contribution in [0.1, 0.15) is 37.8 Å². The Balaban J connectivity index is 1.83. The van der Waals surface area contributed by atoms with Crippen LogP contribution < -0.4 is 5.32 Å². The van der Waals surface area contributed by atoms with Crippen LogP contribution in [0.15, 0.2) is 24.3 Å². The first-order valence-corrected chi connectivity index (χ1v) is 7.05. The lowest BCUT2D eigenvalue weighted by molar-refractivity contribution is -0.151. The first kappa shape index (κ1) is 13.0. The van der Waals surface area contributed by atoms with Crippen LogP contribution in [-0.4, -0.2) is 29.5 Å². The van der Waals surface area contributed by atoms with E-state index in [9.17, 15) is 9.59 Å². The number of rotatable bonds is 2. The van der Waals surface area contributed by atoms with E-state index in [0.29, 0.717) is 25.8 Å². The number of urea groups is 1. The molecule has 2 atom stereocenters. The number of fused-ring (bicyclic) bond motifs is 3. The normalized spacial score (nSPS) is 24.4. The SMILES string of the molecule is CCC(=O)OC1CCN2C(=O)Nc3ccccc3[C@@H]2C1. The lowest BCUT2D eigenvalue weighted by Gasteiger charge is -2.42. The van der Waals surface area contributed by atoms with Gasteiger partial charge in [0, 0.05) is 31.5 Å². The summed E-state index contributed by atoms with van der Waals surface area (Å²) >= 11 is 0. The summed E-state index contributed by atoms with van der Waals surface area (Å²) in [5.74, 6) is -0.169. The van der Waals surface area contributed by atoms with Crippen molar-refractivity contribution in [3.05, 3.63) is 29.8 Å². The third-order valence-corrected chi connectivity index (χ3v) is 3.96. The first-order valence-electron chi connectivity index (χ1n) is 7.05. The van der Waals surface area contributed by atoms with Gasteiger partial charge in [-0.25, -0.2) is 4.79 Å². The Kier molecular flexibility index (Phi) is 3.34. The topological polar surface area (TPSA) is 58.6 Å². The summed E-state index contributed by atoms with van der Waals surface area (Å²) in [7, 11) is 0. The molecule has 1 unspecified atom stereocenters. The Hall–Kier alpha value is -2.04. The third kappa shape index (κ3) is 2.24. The lowest BCUT2D eigenvalue weighted by atomic mass is 9.91. The number of nitrogens with zero attached hydrogens (tertiary/aromatic N) is 1. The molecule has 0 saturated carbocycles. The molecule has 1 saturated heterocycles. The standard InChI is InChI=1S/C15H18N2O3/c1-2-14(18)20-10-7-8-17-13(9-10)11-5-3-4-6-12(11)16-15(17)19/h3-6,10,13H,2,7-9H2,1H3,(H,16,19)/t10?,13-/m0/s1. The van der Waals surface area contributed by atoms with E-state index in [1.165, 1.54) is 0 Å². The van der Waals surface area contributed by atoms with E-state index in [2.05, 4.69) is 5.32 Å². The first-order chi connectivity index (χ1) is 9.69. The predicted octanol–water partition coefficient (Wildman–Crippen LogP) is 2.69. The van der Waals surface area contributed by atoms with E-state index in [1.54, 1.807) is 6.92 Å². The monoisotopic (exact) mass is 274 g/mol. The fraction of sp³-hybridized carbons (Fsp3) is 0.467. The van der Waals surface area contributed by atoms with Crippen LogP contribution in [0.3, 0.4) is 0 Å². The van der Waals surface area contributed by atoms with Crippen LogP contribution in [0, 0.1) is 0 Å². The highest BCUT2D eigenvalue weighted by atomic mass is 16.5. The summed E-state index contributed by atoms with van der Waals surface area (Å²) in [6.45, 7) is 2.41. The largest absolute Gasteiger partial charge is 0.462 e. The number of nitrogens with one attached hydrogen (secondary N) is 1. The predicted molar refractivity (Wildman–Crippen MR) is 74.3 cm³/mol. The Bertz CT molecular complexity index is 544. The number of para-hydroxylation sites is 1. The van der Waals surface area contributed by atoms with E-state index >= 15 is 0 Å². The number of piperidine rings is 1. The molecular weight excluding hydrogens is 256 g/mol. The van der Waals surface area contributed by atoms with Gasteiger partial charge < -0.3 is 15.0 Å². The zero-order valence-corrected chi connectivity index (χ0v) is 11.5. The van der Waals surface area contributed by atoms with Crippen molar-refractivity contribution < 1.29 is 14.3 Å². The summed E-state index contributed by atoms with van der Waals surface area (Å²) < 4.78 is 5.44. The second-order valence-electron chi connectivity index (χ2n) is 5.22. The van der Waals surface area contributed by atoms with Gasteiger partial charge >= 0.3 is 12.0 Å². The molecule has 0 spiro atoms. The highest BCUT2D eigenvalue weighted by molar-refractivity contribution is 5.93. The highest BCUT2D eigenvalue weighted by Crippen LogP contribution is 2.39. The number of esters is 1. The van der Waals surface area contributed by atoms with Gasteiger partial charge in [-0.1, -0.05) is 25.1 Å². The molecule has 0 aliphatic carbocycles. The number of carbonyl (C=O) groups is 2. The smallest absolute Gasteiger partial charge is 0.322 e. The Morgan fingerprint density at radius 1 is 1.45 bits per heavy atom. The maximum absolute atomic E-state index is 12.1. The molecule has 2 aliphatic rings. The van der Waals surface area contributed by atoms with Crippen molar-refractivity contribution in [2.45, 2.75) is 38.3 Å². The molecule has 1 fully saturated rings. The van der Waals surface area contributed by atoms with E-state index in [-0.39, 0.29) is 24.1 Å². The van der Waals surface area contributed by atoms with E-state index in [1.807, 2.05) is 29.2 Å². The molecule has 5 heteroatoms. The maximum Gasteiger partial charge on any atom is 0.322 e. The van der Waals surface area contributed by atoms with Gasteiger partial charge in [0.05, 0.1) is 6.04 Å². The molecule has 1 N–H and O–H groups in total. The van der Waals surface area contributed by atoms with Crippen LogP contribution in [0.4, 0.5) is 10.5 Å². The molecule has 1 aromatic carbocycles. The van der Waals surface area contributed by atoms with Gasteiger partial charge in [-0.3, -0.25) is 4.79 Å². The zero-order valence-electron chi connectivity index (χ0n) is 11.5. The number of hydrogen-bond acceptors (Lipinski definition) is 3. The molecule has 2 amide bonds. The minimum atomic E-state index is -0.169. The lowest BCUT2D eigenvalue weighted by Crippen LogP contribution is -2.48. The van der Waals surface area contributed by atoms with Crippen molar-refractivity contribution in [1.29, 1.82) is 0 Å². The van der Waals surface area contributed by atoms with Crippen molar-refractivity contribution in [2.75, 3.05) is 11.9 Å². The van der Waals surface area contributed by atoms with Gasteiger partial charge in [0.25, 0.3) is 0 Å². The van der Waals surface area contributed by atoms with Crippen molar-refractivity contribution in [3.63, 3.8) is 0 Å². The molecule has 20 heavy (non-hydrogen) atoms. The van der Waals surface area contributed by atoms with Gasteiger partial charge in [-0.15, -0.1) is 0 Å². The fourth-order valence-corrected chi connectivity index (χ4v) is 2.94. The van der Waals surface area contributed by atoms with Crippen LogP contribution >= 0.6 is 0 Å². The molecule has 0 aromatic heterocycles. The van der Waals surface area contributed by atoms with Crippen LogP contribution in [-0.2, 0) is 9.53 Å². The molecule has 106 valence electrons. The van der Waals surface area contributed by atoms with Crippen molar-refractivity contribution in [2.24, 2.45) is 0 Å². The summed E-state index contributed by atoms with van der Waals surface area (Å²) in [4.78, 5) is 25.4. The maximum atomic E-state index is 12.1. The average Bonchev–Trinajstić information content (AvgIpc) is 2.47. The summed E-state index contributed by atoms with van der Waals surface area (Å²) in [5, 5.41) is 2.91. The second-order valence-corrected chi connectivity index (χ2v) is 5.22. The van der Waals surface area contributed by atoms with E-state index < -0.39 is 0 Å². The highest BCUT2D eigenvalue weighted by Gasteiger charge is 2.38. The molecule has 0 radical (unpaired) electrons. The van der Waals surface area contributed by atoms with Crippen molar-refractivity contribution in [3.8, 4) is 0 Å². The zero-order chi connectivity index (χ0) is 14.1. The number of benzene rings is 1. The van der Waals surface area contributed by atoms with Gasteiger partial charge in [-0.2, -0.15) is 0 Å².